The van der Waals surface area contributed by atoms with Crippen LogP contribution in [0.2, 0.25) is 0 Å². The van der Waals surface area contributed by atoms with Gasteiger partial charge < -0.3 is 10.6 Å². The zero-order valence-corrected chi connectivity index (χ0v) is 10.6. The highest BCUT2D eigenvalue weighted by molar-refractivity contribution is 5.90. The van der Waals surface area contributed by atoms with E-state index >= 15 is 0 Å². The van der Waals surface area contributed by atoms with E-state index in [1.165, 1.54) is 0 Å². The molecule has 1 heterocycles. The van der Waals surface area contributed by atoms with Gasteiger partial charge in [0.2, 0.25) is 5.91 Å². The summed E-state index contributed by atoms with van der Waals surface area (Å²) >= 11 is 0. The maximum absolute atomic E-state index is 11.5. The van der Waals surface area contributed by atoms with Crippen LogP contribution >= 0.6 is 0 Å². The van der Waals surface area contributed by atoms with E-state index in [0.29, 0.717) is 13.1 Å². The lowest BCUT2D eigenvalue weighted by Gasteiger charge is -2.09. The number of carbonyl (C=O) groups excluding carboxylic acids is 1. The summed E-state index contributed by atoms with van der Waals surface area (Å²) in [5.74, 6) is 0.447. The Balaban J connectivity index is 1.57. The number of aromatic nitrogens is 2. The number of fused-ring (bicyclic) bond motifs is 1. The molecule has 1 amide bonds. The Morgan fingerprint density at radius 2 is 2.11 bits per heavy atom. The second-order valence-electron chi connectivity index (χ2n) is 4.77. The lowest BCUT2D eigenvalue weighted by Crippen LogP contribution is -2.29. The molecule has 0 spiro atoms. The van der Waals surface area contributed by atoms with Crippen LogP contribution in [0.5, 0.6) is 0 Å². The van der Waals surface area contributed by atoms with Crippen LogP contribution < -0.4 is 10.6 Å². The highest BCUT2D eigenvalue weighted by atomic mass is 16.2. The number of carbonyl (C=O) groups is 1. The van der Waals surface area contributed by atoms with Crippen LogP contribution in [-0.4, -0.2) is 29.2 Å². The van der Waals surface area contributed by atoms with E-state index < -0.39 is 0 Å². The van der Waals surface area contributed by atoms with Crippen LogP contribution in [0.25, 0.3) is 10.9 Å². The monoisotopic (exact) mass is 256 g/mol. The number of anilines is 1. The van der Waals surface area contributed by atoms with Crippen molar-refractivity contribution in [3.63, 3.8) is 0 Å². The first kappa shape index (κ1) is 11.9. The zero-order chi connectivity index (χ0) is 13.1. The Morgan fingerprint density at radius 3 is 2.95 bits per heavy atom. The first-order chi connectivity index (χ1) is 9.34. The van der Waals surface area contributed by atoms with Crippen molar-refractivity contribution in [3.05, 3.63) is 30.5 Å². The largest absolute Gasteiger partial charge is 0.381 e. The van der Waals surface area contributed by atoms with Gasteiger partial charge >= 0.3 is 0 Å². The lowest BCUT2D eigenvalue weighted by molar-refractivity contribution is -0.122. The van der Waals surface area contributed by atoms with Crippen molar-refractivity contribution >= 4 is 22.5 Å². The molecule has 1 saturated carbocycles. The highest BCUT2D eigenvalue weighted by Crippen LogP contribution is 2.28. The molecule has 2 aromatic rings. The molecule has 0 bridgehead atoms. The molecule has 0 atom stereocenters. The topological polar surface area (TPSA) is 66.9 Å². The number of amides is 1. The van der Waals surface area contributed by atoms with Crippen molar-refractivity contribution in [2.75, 3.05) is 18.4 Å². The minimum atomic E-state index is 0.180. The van der Waals surface area contributed by atoms with Gasteiger partial charge in [-0.2, -0.15) is 10.2 Å². The summed E-state index contributed by atoms with van der Waals surface area (Å²) in [4.78, 5) is 11.5. The molecular weight excluding hydrogens is 240 g/mol. The number of hydrogen-bond acceptors (Lipinski definition) is 4. The van der Waals surface area contributed by atoms with Crippen LogP contribution in [0.15, 0.2) is 30.5 Å². The Kier molecular flexibility index (Phi) is 3.27. The smallest absolute Gasteiger partial charge is 0.223 e. The molecule has 1 fully saturated rings. The number of benzene rings is 1. The molecule has 0 unspecified atom stereocenters. The first-order valence-electron chi connectivity index (χ1n) is 6.56. The fraction of sp³-hybridized carbons (Fsp3) is 0.357. The van der Waals surface area contributed by atoms with E-state index in [9.17, 15) is 4.79 Å². The van der Waals surface area contributed by atoms with Gasteiger partial charge in [-0.25, -0.2) is 0 Å². The third-order valence-electron chi connectivity index (χ3n) is 3.23. The third kappa shape index (κ3) is 2.81. The lowest BCUT2D eigenvalue weighted by atomic mass is 10.2. The second-order valence-corrected chi connectivity index (χ2v) is 4.77. The van der Waals surface area contributed by atoms with Crippen molar-refractivity contribution < 1.29 is 4.79 Å². The molecule has 3 rings (SSSR count). The predicted octanol–water partition coefficient (Wildman–Crippen LogP) is 1.57. The Labute approximate surface area is 111 Å². The van der Waals surface area contributed by atoms with Crippen LogP contribution in [-0.2, 0) is 4.79 Å². The molecule has 19 heavy (non-hydrogen) atoms. The van der Waals surface area contributed by atoms with E-state index in [-0.39, 0.29) is 11.8 Å². The van der Waals surface area contributed by atoms with Gasteiger partial charge in [-0.15, -0.1) is 0 Å². The minimum absolute atomic E-state index is 0.180. The maximum Gasteiger partial charge on any atom is 0.223 e. The molecule has 1 aliphatic rings. The molecule has 0 saturated heterocycles. The summed E-state index contributed by atoms with van der Waals surface area (Å²) in [7, 11) is 0. The number of rotatable bonds is 5. The average Bonchev–Trinajstić information content (AvgIpc) is 3.28. The molecular formula is C14H16N4O. The molecule has 1 aromatic carbocycles. The normalized spacial score (nSPS) is 14.3. The molecule has 0 radical (unpaired) electrons. The quantitative estimate of drug-likeness (QED) is 0.797. The minimum Gasteiger partial charge on any atom is -0.381 e. The van der Waals surface area contributed by atoms with Gasteiger partial charge in [-0.3, -0.25) is 4.79 Å². The van der Waals surface area contributed by atoms with E-state index in [4.69, 9.17) is 0 Å². The standard InChI is InChI=1S/C14H16N4O/c19-14(10-5-6-10)16-8-7-15-13-9-17-18-12-4-2-1-3-11(12)13/h1-4,9-10H,5-8H2,(H,15,18)(H,16,19). The van der Waals surface area contributed by atoms with Crippen LogP contribution in [0, 0.1) is 5.92 Å². The van der Waals surface area contributed by atoms with Crippen LogP contribution in [0.4, 0.5) is 5.69 Å². The van der Waals surface area contributed by atoms with E-state index in [0.717, 1.165) is 29.4 Å². The zero-order valence-electron chi connectivity index (χ0n) is 10.6. The summed E-state index contributed by atoms with van der Waals surface area (Å²) < 4.78 is 0. The van der Waals surface area contributed by atoms with E-state index in [1.54, 1.807) is 6.20 Å². The molecule has 1 aliphatic carbocycles. The summed E-state index contributed by atoms with van der Waals surface area (Å²) in [6, 6.07) is 7.86. The SMILES string of the molecule is O=C(NCCNc1cnnc2ccccc12)C1CC1. The van der Waals surface area contributed by atoms with Crippen molar-refractivity contribution in [1.29, 1.82) is 0 Å². The van der Waals surface area contributed by atoms with Crippen LogP contribution in [0.3, 0.4) is 0 Å². The van der Waals surface area contributed by atoms with Gasteiger partial charge in [-0.05, 0) is 18.9 Å². The number of nitrogens with zero attached hydrogens (tertiary/aromatic N) is 2. The van der Waals surface area contributed by atoms with Crippen molar-refractivity contribution in [3.8, 4) is 0 Å². The maximum atomic E-state index is 11.5. The van der Waals surface area contributed by atoms with Crippen LogP contribution in [0.1, 0.15) is 12.8 Å². The van der Waals surface area contributed by atoms with Gasteiger partial charge in [0, 0.05) is 24.4 Å². The van der Waals surface area contributed by atoms with Gasteiger partial charge in [0.15, 0.2) is 0 Å². The van der Waals surface area contributed by atoms with Crippen molar-refractivity contribution in [2.45, 2.75) is 12.8 Å². The van der Waals surface area contributed by atoms with Gasteiger partial charge in [-0.1, -0.05) is 18.2 Å². The van der Waals surface area contributed by atoms with Crippen molar-refractivity contribution in [1.82, 2.24) is 15.5 Å². The number of nitrogens with one attached hydrogen (secondary N) is 2. The molecule has 1 aromatic heterocycles. The fourth-order valence-corrected chi connectivity index (χ4v) is 2.02. The first-order valence-corrected chi connectivity index (χ1v) is 6.56. The molecule has 5 nitrogen and oxygen atoms in total. The highest BCUT2D eigenvalue weighted by Gasteiger charge is 2.28. The summed E-state index contributed by atoms with van der Waals surface area (Å²) in [6.07, 6.45) is 3.79. The Morgan fingerprint density at radius 1 is 1.26 bits per heavy atom. The second kappa shape index (κ2) is 5.22. The van der Waals surface area contributed by atoms with E-state index in [2.05, 4.69) is 20.8 Å². The molecule has 98 valence electrons. The number of hydrogen-bond donors (Lipinski definition) is 2. The Bertz CT molecular complexity index is 590. The summed E-state index contributed by atoms with van der Waals surface area (Å²) in [5, 5.41) is 15.3. The van der Waals surface area contributed by atoms with Gasteiger partial charge in [0.1, 0.15) is 0 Å². The van der Waals surface area contributed by atoms with Gasteiger partial charge in [0.05, 0.1) is 17.4 Å². The predicted molar refractivity (Wildman–Crippen MR) is 73.8 cm³/mol. The molecule has 2 N–H and O–H groups in total. The Hall–Kier alpha value is -2.17. The fourth-order valence-electron chi connectivity index (χ4n) is 2.02. The van der Waals surface area contributed by atoms with Gasteiger partial charge in [0.25, 0.3) is 0 Å². The molecule has 0 aliphatic heterocycles. The third-order valence-corrected chi connectivity index (χ3v) is 3.23. The van der Waals surface area contributed by atoms with Crippen molar-refractivity contribution in [2.24, 2.45) is 5.92 Å². The summed E-state index contributed by atoms with van der Waals surface area (Å²) in [6.45, 7) is 1.32. The average molecular weight is 256 g/mol. The van der Waals surface area contributed by atoms with E-state index in [1.807, 2.05) is 24.3 Å². The molecule has 5 heteroatoms. The summed E-state index contributed by atoms with van der Waals surface area (Å²) in [5.41, 5.74) is 1.82.